The maximum atomic E-state index is 8.58. The standard InChI is InChI=1S/C7H15N.C2H6.CH3NO/c1-6-2-4-7(8)5-3-6;1-2;2-1-3/h6-7H,2-5,8H2,1H3;1-2H3;1H,(H2,2,3). The number of amides is 1. The molecule has 3 nitrogen and oxygen atoms in total. The van der Waals surface area contributed by atoms with Gasteiger partial charge in [0.1, 0.15) is 0 Å². The molecule has 0 aliphatic heterocycles. The zero-order chi connectivity index (χ0) is 10.7. The van der Waals surface area contributed by atoms with E-state index in [9.17, 15) is 0 Å². The van der Waals surface area contributed by atoms with Crippen LogP contribution in [0.25, 0.3) is 0 Å². The fraction of sp³-hybridized carbons (Fsp3) is 0.900. The van der Waals surface area contributed by atoms with E-state index in [0.717, 1.165) is 5.92 Å². The summed E-state index contributed by atoms with van der Waals surface area (Å²) in [7, 11) is 0. The first-order valence-electron chi connectivity index (χ1n) is 5.11. The second-order valence-electron chi connectivity index (χ2n) is 3.16. The van der Waals surface area contributed by atoms with E-state index in [0.29, 0.717) is 6.04 Å². The van der Waals surface area contributed by atoms with Gasteiger partial charge in [-0.1, -0.05) is 20.8 Å². The highest BCUT2D eigenvalue weighted by molar-refractivity contribution is 5.42. The summed E-state index contributed by atoms with van der Waals surface area (Å²) in [6.07, 6.45) is 5.45. The van der Waals surface area contributed by atoms with E-state index < -0.39 is 0 Å². The molecule has 1 fully saturated rings. The summed E-state index contributed by atoms with van der Waals surface area (Å²) in [6.45, 7) is 6.31. The van der Waals surface area contributed by atoms with Crippen LogP contribution in [0.2, 0.25) is 0 Å². The lowest BCUT2D eigenvalue weighted by atomic mass is 9.88. The molecule has 80 valence electrons. The summed E-state index contributed by atoms with van der Waals surface area (Å²) < 4.78 is 0. The van der Waals surface area contributed by atoms with Crippen LogP contribution in [0.1, 0.15) is 46.5 Å². The van der Waals surface area contributed by atoms with Crippen LogP contribution >= 0.6 is 0 Å². The smallest absolute Gasteiger partial charge is 0.204 e. The first kappa shape index (κ1) is 14.9. The minimum atomic E-state index is 0.250. The molecule has 1 amide bonds. The van der Waals surface area contributed by atoms with Gasteiger partial charge < -0.3 is 11.5 Å². The Hall–Kier alpha value is -0.570. The van der Waals surface area contributed by atoms with E-state index >= 15 is 0 Å². The van der Waals surface area contributed by atoms with Gasteiger partial charge in [0.15, 0.2) is 0 Å². The van der Waals surface area contributed by atoms with Gasteiger partial charge in [-0.15, -0.1) is 0 Å². The van der Waals surface area contributed by atoms with Gasteiger partial charge in [-0.2, -0.15) is 0 Å². The zero-order valence-corrected chi connectivity index (χ0v) is 9.12. The van der Waals surface area contributed by atoms with Crippen molar-refractivity contribution in [3.8, 4) is 0 Å². The van der Waals surface area contributed by atoms with Crippen molar-refractivity contribution < 1.29 is 4.79 Å². The third-order valence-corrected chi connectivity index (χ3v) is 2.06. The first-order chi connectivity index (χ1) is 6.20. The molecule has 0 atom stereocenters. The molecule has 1 rings (SSSR count). The largest absolute Gasteiger partial charge is 0.372 e. The quantitative estimate of drug-likeness (QED) is 0.567. The predicted octanol–water partition coefficient (Wildman–Crippen LogP) is 1.65. The van der Waals surface area contributed by atoms with E-state index in [1.165, 1.54) is 25.7 Å². The van der Waals surface area contributed by atoms with Gasteiger partial charge in [0.05, 0.1) is 0 Å². The van der Waals surface area contributed by atoms with Crippen molar-refractivity contribution in [2.24, 2.45) is 17.4 Å². The van der Waals surface area contributed by atoms with Crippen molar-refractivity contribution in [2.75, 3.05) is 0 Å². The van der Waals surface area contributed by atoms with Crippen molar-refractivity contribution in [2.45, 2.75) is 52.5 Å². The summed E-state index contributed by atoms with van der Waals surface area (Å²) in [4.78, 5) is 8.58. The Morgan fingerprint density at radius 3 is 1.69 bits per heavy atom. The summed E-state index contributed by atoms with van der Waals surface area (Å²) in [5.41, 5.74) is 9.86. The van der Waals surface area contributed by atoms with E-state index in [2.05, 4.69) is 12.7 Å². The molecule has 0 saturated heterocycles. The second kappa shape index (κ2) is 11.4. The Kier molecular flexibility index (Phi) is 13.1. The normalized spacial score (nSPS) is 25.8. The Morgan fingerprint density at radius 1 is 1.15 bits per heavy atom. The third kappa shape index (κ3) is 11.4. The van der Waals surface area contributed by atoms with E-state index in [4.69, 9.17) is 10.5 Å². The Bertz CT molecular complexity index is 89.1. The van der Waals surface area contributed by atoms with Gasteiger partial charge in [-0.3, -0.25) is 4.79 Å². The SMILES string of the molecule is CC.CC1CCC(N)CC1.NC=O. The number of carbonyl (C=O) groups excluding carboxylic acids is 1. The highest BCUT2D eigenvalue weighted by Crippen LogP contribution is 2.21. The molecule has 4 N–H and O–H groups in total. The molecule has 0 radical (unpaired) electrons. The van der Waals surface area contributed by atoms with Gasteiger partial charge in [-0.25, -0.2) is 0 Å². The molecule has 3 heteroatoms. The van der Waals surface area contributed by atoms with Crippen LogP contribution in [0.4, 0.5) is 0 Å². The van der Waals surface area contributed by atoms with Crippen LogP contribution < -0.4 is 11.5 Å². The molecule has 0 aromatic rings. The van der Waals surface area contributed by atoms with Crippen LogP contribution in [-0.2, 0) is 4.79 Å². The van der Waals surface area contributed by atoms with E-state index in [1.54, 1.807) is 0 Å². The lowest BCUT2D eigenvalue weighted by molar-refractivity contribution is -0.106. The molecule has 1 aliphatic carbocycles. The molecule has 0 bridgehead atoms. The van der Waals surface area contributed by atoms with Gasteiger partial charge in [0, 0.05) is 6.04 Å². The maximum absolute atomic E-state index is 8.58. The van der Waals surface area contributed by atoms with Crippen LogP contribution in [0.5, 0.6) is 0 Å². The van der Waals surface area contributed by atoms with Gasteiger partial charge in [-0.05, 0) is 31.6 Å². The van der Waals surface area contributed by atoms with Crippen molar-refractivity contribution in [3.05, 3.63) is 0 Å². The van der Waals surface area contributed by atoms with Crippen LogP contribution in [0.3, 0.4) is 0 Å². The number of hydrogen-bond acceptors (Lipinski definition) is 2. The van der Waals surface area contributed by atoms with Crippen LogP contribution in [0, 0.1) is 5.92 Å². The molecule has 1 saturated carbocycles. The molecular formula is C10H24N2O. The summed E-state index contributed by atoms with van der Waals surface area (Å²) >= 11 is 0. The monoisotopic (exact) mass is 188 g/mol. The van der Waals surface area contributed by atoms with E-state index in [-0.39, 0.29) is 6.41 Å². The molecule has 0 unspecified atom stereocenters. The zero-order valence-electron chi connectivity index (χ0n) is 9.12. The molecule has 0 aromatic carbocycles. The van der Waals surface area contributed by atoms with Gasteiger partial charge in [0.25, 0.3) is 0 Å². The van der Waals surface area contributed by atoms with Crippen molar-refractivity contribution >= 4 is 6.41 Å². The van der Waals surface area contributed by atoms with E-state index in [1.807, 2.05) is 13.8 Å². The molecule has 1 aliphatic rings. The minimum absolute atomic E-state index is 0.250. The molecule has 0 spiro atoms. The molecule has 0 aromatic heterocycles. The highest BCUT2D eigenvalue weighted by Gasteiger charge is 2.13. The average molecular weight is 188 g/mol. The summed E-state index contributed by atoms with van der Waals surface area (Å²) in [6, 6.07) is 0.520. The first-order valence-corrected chi connectivity index (χ1v) is 5.11. The Morgan fingerprint density at radius 2 is 1.46 bits per heavy atom. The molecule has 13 heavy (non-hydrogen) atoms. The lowest BCUT2D eigenvalue weighted by Gasteiger charge is -2.22. The summed E-state index contributed by atoms with van der Waals surface area (Å²) in [5.74, 6) is 0.940. The van der Waals surface area contributed by atoms with Crippen LogP contribution in [-0.4, -0.2) is 12.5 Å². The second-order valence-corrected chi connectivity index (χ2v) is 3.16. The number of rotatable bonds is 0. The van der Waals surface area contributed by atoms with Gasteiger partial charge in [0.2, 0.25) is 6.41 Å². The molecular weight excluding hydrogens is 164 g/mol. The third-order valence-electron chi connectivity index (χ3n) is 2.06. The van der Waals surface area contributed by atoms with Crippen molar-refractivity contribution in [3.63, 3.8) is 0 Å². The fourth-order valence-electron chi connectivity index (χ4n) is 1.29. The fourth-order valence-corrected chi connectivity index (χ4v) is 1.29. The summed E-state index contributed by atoms with van der Waals surface area (Å²) in [5, 5.41) is 0. The van der Waals surface area contributed by atoms with Gasteiger partial charge >= 0.3 is 0 Å². The lowest BCUT2D eigenvalue weighted by Crippen LogP contribution is -2.25. The van der Waals surface area contributed by atoms with Crippen molar-refractivity contribution in [1.82, 2.24) is 0 Å². The average Bonchev–Trinajstić information content (AvgIpc) is 2.15. The Balaban J connectivity index is 0. The number of primary amides is 1. The topological polar surface area (TPSA) is 69.1 Å². The van der Waals surface area contributed by atoms with Crippen molar-refractivity contribution in [1.29, 1.82) is 0 Å². The number of hydrogen-bond donors (Lipinski definition) is 2. The highest BCUT2D eigenvalue weighted by atomic mass is 16.1. The predicted molar refractivity (Wildman–Crippen MR) is 57.2 cm³/mol. The van der Waals surface area contributed by atoms with Crippen LogP contribution in [0.15, 0.2) is 0 Å². The maximum Gasteiger partial charge on any atom is 0.204 e. The number of nitrogens with two attached hydrogens (primary N) is 2. The Labute approximate surface area is 81.9 Å². The minimum Gasteiger partial charge on any atom is -0.372 e. The molecule has 0 heterocycles. The number of carbonyl (C=O) groups is 1.